The van der Waals surface area contributed by atoms with Gasteiger partial charge in [-0.2, -0.15) is 0 Å². The van der Waals surface area contributed by atoms with E-state index >= 15 is 0 Å². The summed E-state index contributed by atoms with van der Waals surface area (Å²) in [5.41, 5.74) is 0.446. The molecule has 0 aromatic heterocycles. The van der Waals surface area contributed by atoms with E-state index in [1.54, 1.807) is 24.3 Å². The van der Waals surface area contributed by atoms with Crippen LogP contribution in [0.3, 0.4) is 0 Å². The number of hydrogen-bond donors (Lipinski definition) is 2. The molecule has 0 radical (unpaired) electrons. The molecule has 1 saturated heterocycles. The van der Waals surface area contributed by atoms with Crippen molar-refractivity contribution in [1.29, 1.82) is 0 Å². The highest BCUT2D eigenvalue weighted by atomic mass is 16.5. The molecule has 0 bridgehead atoms. The van der Waals surface area contributed by atoms with E-state index in [0.29, 0.717) is 6.54 Å². The van der Waals surface area contributed by atoms with Crippen LogP contribution in [0, 0.1) is 0 Å². The average Bonchev–Trinajstić information content (AvgIpc) is 2.24. The van der Waals surface area contributed by atoms with E-state index in [1.165, 1.54) is 0 Å². The highest BCUT2D eigenvalue weighted by Gasteiger charge is 2.32. The van der Waals surface area contributed by atoms with Gasteiger partial charge in [-0.05, 0) is 24.6 Å². The Morgan fingerprint density at radius 1 is 1.40 bits per heavy atom. The lowest BCUT2D eigenvalue weighted by Gasteiger charge is -2.34. The summed E-state index contributed by atoms with van der Waals surface area (Å²) in [6.07, 6.45) is 0. The standard InChI is InChI=1S/C11H13NO3/c1-11(7-12-10(14)6-15-11)8-2-4-9(13)5-3-8/h2-5,13H,6-7H2,1H3,(H,12,14). The quantitative estimate of drug-likeness (QED) is 0.714. The zero-order valence-corrected chi connectivity index (χ0v) is 8.49. The molecule has 1 heterocycles. The van der Waals surface area contributed by atoms with Crippen molar-refractivity contribution in [2.45, 2.75) is 12.5 Å². The minimum absolute atomic E-state index is 0.0807. The summed E-state index contributed by atoms with van der Waals surface area (Å²) in [4.78, 5) is 11.0. The van der Waals surface area contributed by atoms with Gasteiger partial charge in [-0.3, -0.25) is 4.79 Å². The van der Waals surface area contributed by atoms with Gasteiger partial charge in [-0.15, -0.1) is 0 Å². The third-order valence-corrected chi connectivity index (χ3v) is 2.62. The van der Waals surface area contributed by atoms with E-state index in [1.807, 2.05) is 6.92 Å². The number of rotatable bonds is 1. The molecule has 1 aliphatic heterocycles. The van der Waals surface area contributed by atoms with Crippen LogP contribution in [-0.4, -0.2) is 24.2 Å². The Bertz CT molecular complexity index is 362. The minimum atomic E-state index is -0.498. The third kappa shape index (κ3) is 1.94. The number of carbonyl (C=O) groups is 1. The third-order valence-electron chi connectivity index (χ3n) is 2.62. The van der Waals surface area contributed by atoms with Gasteiger partial charge in [0.1, 0.15) is 18.0 Å². The Balaban J connectivity index is 2.22. The predicted octanol–water partition coefficient (Wildman–Crippen LogP) is 0.754. The fourth-order valence-electron chi connectivity index (χ4n) is 1.59. The molecule has 0 aliphatic carbocycles. The highest BCUT2D eigenvalue weighted by molar-refractivity contribution is 5.78. The predicted molar refractivity (Wildman–Crippen MR) is 54.4 cm³/mol. The van der Waals surface area contributed by atoms with E-state index in [4.69, 9.17) is 4.74 Å². The number of amides is 1. The zero-order valence-electron chi connectivity index (χ0n) is 8.49. The van der Waals surface area contributed by atoms with Crippen molar-refractivity contribution in [1.82, 2.24) is 5.32 Å². The number of phenolic OH excluding ortho intramolecular Hbond substituents is 1. The number of nitrogens with one attached hydrogen (secondary N) is 1. The lowest BCUT2D eigenvalue weighted by atomic mass is 9.94. The second kappa shape index (κ2) is 3.55. The Morgan fingerprint density at radius 3 is 2.60 bits per heavy atom. The Labute approximate surface area is 87.9 Å². The van der Waals surface area contributed by atoms with Gasteiger partial charge in [0.05, 0.1) is 6.54 Å². The van der Waals surface area contributed by atoms with Crippen LogP contribution in [0.5, 0.6) is 5.75 Å². The number of phenols is 1. The molecule has 4 nitrogen and oxygen atoms in total. The maximum Gasteiger partial charge on any atom is 0.246 e. The normalized spacial score (nSPS) is 26.1. The van der Waals surface area contributed by atoms with Crippen LogP contribution in [-0.2, 0) is 15.1 Å². The summed E-state index contributed by atoms with van der Waals surface area (Å²) < 4.78 is 5.51. The Morgan fingerprint density at radius 2 is 2.07 bits per heavy atom. The van der Waals surface area contributed by atoms with Crippen molar-refractivity contribution in [2.24, 2.45) is 0 Å². The van der Waals surface area contributed by atoms with Crippen LogP contribution in [0.4, 0.5) is 0 Å². The van der Waals surface area contributed by atoms with Crippen LogP contribution in [0.1, 0.15) is 12.5 Å². The molecule has 0 saturated carbocycles. The molecule has 1 aliphatic rings. The van der Waals surface area contributed by atoms with Crippen molar-refractivity contribution in [3.63, 3.8) is 0 Å². The summed E-state index contributed by atoms with van der Waals surface area (Å²) in [7, 11) is 0. The maximum atomic E-state index is 11.0. The van der Waals surface area contributed by atoms with Gasteiger partial charge in [0.15, 0.2) is 0 Å². The van der Waals surface area contributed by atoms with Crippen molar-refractivity contribution in [2.75, 3.05) is 13.2 Å². The smallest absolute Gasteiger partial charge is 0.246 e. The molecule has 1 aromatic carbocycles. The summed E-state index contributed by atoms with van der Waals surface area (Å²) in [6, 6.07) is 6.82. The van der Waals surface area contributed by atoms with E-state index < -0.39 is 5.60 Å². The van der Waals surface area contributed by atoms with Crippen molar-refractivity contribution in [3.8, 4) is 5.75 Å². The number of hydrogen-bond acceptors (Lipinski definition) is 3. The molecule has 1 aromatic rings. The van der Waals surface area contributed by atoms with Gasteiger partial charge in [0.25, 0.3) is 0 Å². The molecule has 1 amide bonds. The summed E-state index contributed by atoms with van der Waals surface area (Å²) in [5, 5.41) is 11.9. The summed E-state index contributed by atoms with van der Waals surface area (Å²) >= 11 is 0. The zero-order chi connectivity index (χ0) is 10.9. The molecule has 15 heavy (non-hydrogen) atoms. The summed E-state index contributed by atoms with van der Waals surface area (Å²) in [6.45, 7) is 2.45. The molecule has 2 rings (SSSR count). The van der Waals surface area contributed by atoms with Gasteiger partial charge in [-0.25, -0.2) is 0 Å². The lowest BCUT2D eigenvalue weighted by Crippen LogP contribution is -2.48. The molecule has 80 valence electrons. The monoisotopic (exact) mass is 207 g/mol. The number of benzene rings is 1. The lowest BCUT2D eigenvalue weighted by molar-refractivity contribution is -0.142. The van der Waals surface area contributed by atoms with Crippen LogP contribution in [0.25, 0.3) is 0 Å². The van der Waals surface area contributed by atoms with Gasteiger partial charge in [0.2, 0.25) is 5.91 Å². The summed E-state index contributed by atoms with van der Waals surface area (Å²) in [5.74, 6) is 0.133. The Hall–Kier alpha value is -1.55. The molecule has 1 unspecified atom stereocenters. The second-order valence-corrected chi connectivity index (χ2v) is 3.84. The topological polar surface area (TPSA) is 58.6 Å². The van der Waals surface area contributed by atoms with Crippen LogP contribution >= 0.6 is 0 Å². The number of ether oxygens (including phenoxy) is 1. The first-order valence-corrected chi connectivity index (χ1v) is 4.80. The van der Waals surface area contributed by atoms with Crippen LogP contribution in [0.2, 0.25) is 0 Å². The van der Waals surface area contributed by atoms with E-state index in [9.17, 15) is 9.90 Å². The molecule has 1 atom stereocenters. The molecule has 0 spiro atoms. The van der Waals surface area contributed by atoms with E-state index in [2.05, 4.69) is 5.32 Å². The highest BCUT2D eigenvalue weighted by Crippen LogP contribution is 2.27. The first kappa shape index (κ1) is 9.98. The largest absolute Gasteiger partial charge is 0.508 e. The molecular weight excluding hydrogens is 194 g/mol. The first-order valence-electron chi connectivity index (χ1n) is 4.80. The molecule has 2 N–H and O–H groups in total. The number of aromatic hydroxyl groups is 1. The van der Waals surface area contributed by atoms with Crippen molar-refractivity contribution >= 4 is 5.91 Å². The van der Waals surface area contributed by atoms with Gasteiger partial charge in [0, 0.05) is 0 Å². The fraction of sp³-hybridized carbons (Fsp3) is 0.364. The van der Waals surface area contributed by atoms with Crippen LogP contribution in [0.15, 0.2) is 24.3 Å². The van der Waals surface area contributed by atoms with Gasteiger partial charge >= 0.3 is 0 Å². The number of morpholine rings is 1. The first-order chi connectivity index (χ1) is 7.10. The van der Waals surface area contributed by atoms with Gasteiger partial charge in [-0.1, -0.05) is 12.1 Å². The average molecular weight is 207 g/mol. The second-order valence-electron chi connectivity index (χ2n) is 3.84. The van der Waals surface area contributed by atoms with Gasteiger partial charge < -0.3 is 15.2 Å². The maximum absolute atomic E-state index is 11.0. The van der Waals surface area contributed by atoms with Crippen molar-refractivity contribution in [3.05, 3.63) is 29.8 Å². The Kier molecular flexibility index (Phi) is 2.36. The van der Waals surface area contributed by atoms with Crippen molar-refractivity contribution < 1.29 is 14.6 Å². The van der Waals surface area contributed by atoms with E-state index in [0.717, 1.165) is 5.56 Å². The molecule has 1 fully saturated rings. The molecular formula is C11H13NO3. The fourth-order valence-corrected chi connectivity index (χ4v) is 1.59. The minimum Gasteiger partial charge on any atom is -0.508 e. The molecule has 4 heteroatoms. The van der Waals surface area contributed by atoms with E-state index in [-0.39, 0.29) is 18.3 Å². The SMILES string of the molecule is CC1(c2ccc(O)cc2)CNC(=O)CO1. The number of carbonyl (C=O) groups excluding carboxylic acids is 1. The van der Waals surface area contributed by atoms with Crippen LogP contribution < -0.4 is 5.32 Å².